The Labute approximate surface area is 175 Å². The molecule has 148 valence electrons. The molecule has 0 saturated carbocycles. The number of anilines is 1. The lowest BCUT2D eigenvalue weighted by Gasteiger charge is -2.15. The third-order valence-corrected chi connectivity index (χ3v) is 5.42. The van der Waals surface area contributed by atoms with Gasteiger partial charge in [0, 0.05) is 5.56 Å². The summed E-state index contributed by atoms with van der Waals surface area (Å²) in [5.41, 5.74) is 1.08. The summed E-state index contributed by atoms with van der Waals surface area (Å²) in [6, 6.07) is 10.5. The summed E-state index contributed by atoms with van der Waals surface area (Å²) in [7, 11) is 0. The summed E-state index contributed by atoms with van der Waals surface area (Å²) in [5.74, 6) is -2.77. The number of nitrogens with one attached hydrogen (secondary N) is 1. The minimum absolute atomic E-state index is 0.0613. The fourth-order valence-corrected chi connectivity index (χ4v) is 3.90. The normalized spacial score (nSPS) is 15.1. The predicted molar refractivity (Wildman–Crippen MR) is 113 cm³/mol. The highest BCUT2D eigenvalue weighted by molar-refractivity contribution is 8.26. The van der Waals surface area contributed by atoms with Crippen molar-refractivity contribution in [1.82, 2.24) is 4.90 Å². The molecule has 0 spiro atoms. The fraction of sp³-hybridized carbons (Fsp3) is 0.100. The molecule has 2 N–H and O–H groups in total. The van der Waals surface area contributed by atoms with Crippen molar-refractivity contribution >= 4 is 57.8 Å². The second kappa shape index (κ2) is 8.54. The van der Waals surface area contributed by atoms with Gasteiger partial charge in [0.05, 0.1) is 16.2 Å². The number of carbonyl (C=O) groups excluding carboxylic acids is 2. The first-order valence-corrected chi connectivity index (χ1v) is 9.62. The molecule has 2 aromatic carbocycles. The minimum Gasteiger partial charge on any atom is -0.478 e. The van der Waals surface area contributed by atoms with Gasteiger partial charge in [-0.25, -0.2) is 9.18 Å². The quantitative estimate of drug-likeness (QED) is 0.556. The second-order valence-electron chi connectivity index (χ2n) is 6.19. The molecule has 2 amide bonds. The zero-order valence-corrected chi connectivity index (χ0v) is 16.8. The number of nitrogens with zero attached hydrogens (tertiary/aromatic N) is 1. The van der Waals surface area contributed by atoms with Gasteiger partial charge < -0.3 is 10.4 Å². The molecule has 1 fully saturated rings. The first-order chi connectivity index (χ1) is 13.8. The van der Waals surface area contributed by atoms with Crippen LogP contribution < -0.4 is 5.32 Å². The van der Waals surface area contributed by atoms with Gasteiger partial charge >= 0.3 is 5.97 Å². The van der Waals surface area contributed by atoms with Crippen molar-refractivity contribution in [2.24, 2.45) is 0 Å². The number of carbonyl (C=O) groups is 3. The monoisotopic (exact) mass is 430 g/mol. The van der Waals surface area contributed by atoms with E-state index in [1.165, 1.54) is 30.3 Å². The molecule has 0 atom stereocenters. The van der Waals surface area contributed by atoms with Crippen molar-refractivity contribution in [2.45, 2.75) is 6.92 Å². The summed E-state index contributed by atoms with van der Waals surface area (Å²) >= 11 is 6.15. The van der Waals surface area contributed by atoms with E-state index in [1.54, 1.807) is 25.1 Å². The molecule has 9 heteroatoms. The number of aryl methyl sites for hydroxylation is 1. The number of rotatable bonds is 5. The van der Waals surface area contributed by atoms with Crippen LogP contribution in [-0.4, -0.2) is 38.7 Å². The highest BCUT2D eigenvalue weighted by Gasteiger charge is 2.33. The number of hydrogen-bond acceptors (Lipinski definition) is 5. The Kier molecular flexibility index (Phi) is 6.09. The van der Waals surface area contributed by atoms with Crippen molar-refractivity contribution in [3.05, 3.63) is 69.9 Å². The molecule has 1 aliphatic heterocycles. The van der Waals surface area contributed by atoms with Gasteiger partial charge in [-0.3, -0.25) is 14.5 Å². The zero-order valence-electron chi connectivity index (χ0n) is 15.1. The molecule has 29 heavy (non-hydrogen) atoms. The van der Waals surface area contributed by atoms with Crippen molar-refractivity contribution < 1.29 is 23.9 Å². The Bertz CT molecular complexity index is 1070. The summed E-state index contributed by atoms with van der Waals surface area (Å²) in [6.07, 6.45) is 1.38. The largest absolute Gasteiger partial charge is 0.478 e. The van der Waals surface area contributed by atoms with E-state index < -0.39 is 23.6 Å². The number of benzene rings is 2. The van der Waals surface area contributed by atoms with E-state index in [-0.39, 0.29) is 32.6 Å². The van der Waals surface area contributed by atoms with E-state index in [0.29, 0.717) is 0 Å². The molecule has 0 aromatic heterocycles. The molecule has 0 bridgehead atoms. The maximum absolute atomic E-state index is 13.8. The Morgan fingerprint density at radius 2 is 2.00 bits per heavy atom. The molecular weight excluding hydrogens is 415 g/mol. The molecule has 2 aromatic rings. The number of amides is 2. The number of aromatic carboxylic acids is 1. The summed E-state index contributed by atoms with van der Waals surface area (Å²) < 4.78 is 14.0. The first-order valence-electron chi connectivity index (χ1n) is 8.40. The van der Waals surface area contributed by atoms with Crippen LogP contribution in [0.3, 0.4) is 0 Å². The van der Waals surface area contributed by atoms with Crippen molar-refractivity contribution in [1.29, 1.82) is 0 Å². The standard InChI is InChI=1S/C20H15FN2O4S2/c1-11-6-7-13(19(26)27)15(8-11)22-17(24)10-23-18(25)16(29-20(23)28)9-12-4-2-3-5-14(12)21/h2-9H,10H2,1H3,(H,22,24)(H,26,27)/b16-9-. The van der Waals surface area contributed by atoms with Crippen LogP contribution in [0.5, 0.6) is 0 Å². The van der Waals surface area contributed by atoms with Gasteiger partial charge in [0.1, 0.15) is 16.7 Å². The maximum atomic E-state index is 13.8. The van der Waals surface area contributed by atoms with Gasteiger partial charge in [-0.05, 0) is 36.8 Å². The van der Waals surface area contributed by atoms with Crippen LogP contribution in [0.4, 0.5) is 10.1 Å². The second-order valence-corrected chi connectivity index (χ2v) is 7.87. The van der Waals surface area contributed by atoms with Crippen LogP contribution >= 0.6 is 24.0 Å². The van der Waals surface area contributed by atoms with Crippen LogP contribution in [0.15, 0.2) is 47.4 Å². The van der Waals surface area contributed by atoms with E-state index in [0.717, 1.165) is 22.2 Å². The molecule has 0 aliphatic carbocycles. The van der Waals surface area contributed by atoms with E-state index in [2.05, 4.69) is 5.32 Å². The lowest BCUT2D eigenvalue weighted by atomic mass is 10.1. The zero-order chi connectivity index (χ0) is 21.1. The number of thiocarbonyl (C=S) groups is 1. The average molecular weight is 430 g/mol. The lowest BCUT2D eigenvalue weighted by molar-refractivity contribution is -0.126. The molecule has 1 aliphatic rings. The smallest absolute Gasteiger partial charge is 0.337 e. The SMILES string of the molecule is Cc1ccc(C(=O)O)c(NC(=O)CN2C(=O)/C(=C/c3ccccc3F)SC2=S)c1. The molecule has 1 heterocycles. The van der Waals surface area contributed by atoms with Gasteiger partial charge in [-0.1, -0.05) is 48.2 Å². The van der Waals surface area contributed by atoms with E-state index in [9.17, 15) is 23.9 Å². The highest BCUT2D eigenvalue weighted by Crippen LogP contribution is 2.32. The average Bonchev–Trinajstić information content (AvgIpc) is 2.91. The molecule has 0 radical (unpaired) electrons. The number of carboxylic acid groups (broad SMARTS) is 1. The number of carboxylic acids is 1. The summed E-state index contributed by atoms with van der Waals surface area (Å²) in [5, 5.41) is 11.8. The lowest BCUT2D eigenvalue weighted by Crippen LogP contribution is -2.36. The highest BCUT2D eigenvalue weighted by atomic mass is 32.2. The number of thioether (sulfide) groups is 1. The van der Waals surface area contributed by atoms with Crippen molar-refractivity contribution in [3.8, 4) is 0 Å². The van der Waals surface area contributed by atoms with Crippen LogP contribution in [0.25, 0.3) is 6.08 Å². The molecule has 6 nitrogen and oxygen atoms in total. The van der Waals surface area contributed by atoms with E-state index in [1.807, 2.05) is 0 Å². The molecule has 3 rings (SSSR count). The third kappa shape index (κ3) is 4.69. The molecule has 1 saturated heterocycles. The summed E-state index contributed by atoms with van der Waals surface area (Å²) in [6.45, 7) is 1.38. The minimum atomic E-state index is -1.18. The summed E-state index contributed by atoms with van der Waals surface area (Å²) in [4.78, 5) is 37.6. The predicted octanol–water partition coefficient (Wildman–Crippen LogP) is 3.67. The Hall–Kier alpha value is -3.04. The van der Waals surface area contributed by atoms with Crippen LogP contribution in [0.2, 0.25) is 0 Å². The van der Waals surface area contributed by atoms with E-state index >= 15 is 0 Å². The topological polar surface area (TPSA) is 86.7 Å². The van der Waals surface area contributed by atoms with Gasteiger partial charge in [0.2, 0.25) is 5.91 Å². The van der Waals surface area contributed by atoms with Crippen LogP contribution in [0, 0.1) is 12.7 Å². The maximum Gasteiger partial charge on any atom is 0.337 e. The fourth-order valence-electron chi connectivity index (χ4n) is 2.65. The first kappa shape index (κ1) is 20.7. The third-order valence-electron chi connectivity index (χ3n) is 4.05. The van der Waals surface area contributed by atoms with Gasteiger partial charge in [-0.2, -0.15) is 0 Å². The molecule has 0 unspecified atom stereocenters. The Morgan fingerprint density at radius 1 is 1.28 bits per heavy atom. The number of halogens is 1. The number of hydrogen-bond donors (Lipinski definition) is 2. The van der Waals surface area contributed by atoms with Crippen LogP contribution in [0.1, 0.15) is 21.5 Å². The van der Waals surface area contributed by atoms with Crippen LogP contribution in [-0.2, 0) is 9.59 Å². The van der Waals surface area contributed by atoms with E-state index in [4.69, 9.17) is 12.2 Å². The Morgan fingerprint density at radius 3 is 2.69 bits per heavy atom. The Balaban J connectivity index is 1.76. The van der Waals surface area contributed by atoms with Gasteiger partial charge in [-0.15, -0.1) is 0 Å². The van der Waals surface area contributed by atoms with Crippen molar-refractivity contribution in [2.75, 3.05) is 11.9 Å². The molecular formula is C20H15FN2O4S2. The van der Waals surface area contributed by atoms with Gasteiger partial charge in [0.25, 0.3) is 5.91 Å². The van der Waals surface area contributed by atoms with Crippen molar-refractivity contribution in [3.63, 3.8) is 0 Å². The van der Waals surface area contributed by atoms with Gasteiger partial charge in [0.15, 0.2) is 0 Å².